The average Bonchev–Trinajstić information content (AvgIpc) is 2.29. The first-order valence-electron chi connectivity index (χ1n) is 4.86. The monoisotopic (exact) mass is 227 g/mol. The summed E-state index contributed by atoms with van der Waals surface area (Å²) in [4.78, 5) is 11.4. The van der Waals surface area contributed by atoms with Crippen molar-refractivity contribution in [3.05, 3.63) is 23.8 Å². The summed E-state index contributed by atoms with van der Waals surface area (Å²) >= 11 is 0. The molecular formula is C11H14FNO3. The van der Waals surface area contributed by atoms with Crippen LogP contribution in [0.5, 0.6) is 5.75 Å². The van der Waals surface area contributed by atoms with Gasteiger partial charge in [0.15, 0.2) is 0 Å². The molecule has 0 radical (unpaired) electrons. The molecule has 1 aromatic carbocycles. The van der Waals surface area contributed by atoms with Crippen LogP contribution in [0.15, 0.2) is 18.2 Å². The van der Waals surface area contributed by atoms with Crippen LogP contribution in [0.25, 0.3) is 0 Å². The van der Waals surface area contributed by atoms with E-state index in [1.165, 1.54) is 7.11 Å². The van der Waals surface area contributed by atoms with Gasteiger partial charge >= 0.3 is 5.97 Å². The Bertz CT molecular complexity index is 368. The van der Waals surface area contributed by atoms with Crippen LogP contribution >= 0.6 is 0 Å². The minimum absolute atomic E-state index is 0.184. The summed E-state index contributed by atoms with van der Waals surface area (Å²) in [6.07, 6.45) is 0.273. The second kappa shape index (κ2) is 5.95. The molecule has 0 heterocycles. The highest BCUT2D eigenvalue weighted by Gasteiger charge is 2.16. The molecule has 5 heteroatoms. The maximum atomic E-state index is 11.9. The molecule has 0 spiro atoms. The van der Waals surface area contributed by atoms with Crippen LogP contribution in [0.4, 0.5) is 10.1 Å². The minimum atomic E-state index is -0.562. The predicted molar refractivity (Wildman–Crippen MR) is 58.3 cm³/mol. The Labute approximate surface area is 93.2 Å². The molecule has 0 aromatic heterocycles. The van der Waals surface area contributed by atoms with Gasteiger partial charge in [-0.2, -0.15) is 0 Å². The fraction of sp³-hybridized carbons (Fsp3) is 0.364. The van der Waals surface area contributed by atoms with E-state index in [0.717, 1.165) is 0 Å². The fourth-order valence-electron chi connectivity index (χ4n) is 1.23. The lowest BCUT2D eigenvalue weighted by atomic mass is 10.1. The number of esters is 1. The molecule has 0 bridgehead atoms. The van der Waals surface area contributed by atoms with Crippen molar-refractivity contribution >= 4 is 11.7 Å². The van der Waals surface area contributed by atoms with Gasteiger partial charge in [-0.15, -0.1) is 0 Å². The van der Waals surface area contributed by atoms with E-state index in [-0.39, 0.29) is 24.3 Å². The summed E-state index contributed by atoms with van der Waals surface area (Å²) in [7, 11) is 1.26. The van der Waals surface area contributed by atoms with Crippen LogP contribution in [-0.4, -0.2) is 26.4 Å². The zero-order chi connectivity index (χ0) is 12.0. The number of hydrogen-bond donors (Lipinski definition) is 1. The molecule has 88 valence electrons. The van der Waals surface area contributed by atoms with Crippen molar-refractivity contribution in [3.63, 3.8) is 0 Å². The van der Waals surface area contributed by atoms with Crippen molar-refractivity contribution in [2.75, 3.05) is 26.1 Å². The van der Waals surface area contributed by atoms with E-state index in [1.54, 1.807) is 18.2 Å². The summed E-state index contributed by atoms with van der Waals surface area (Å²) in [5, 5.41) is 0. The first-order valence-corrected chi connectivity index (χ1v) is 4.86. The number of carbonyl (C=O) groups is 1. The molecule has 0 saturated carbocycles. The summed E-state index contributed by atoms with van der Waals surface area (Å²) in [5.74, 6) is -0.242. The summed E-state index contributed by atoms with van der Waals surface area (Å²) < 4.78 is 21.8. The normalized spacial score (nSPS) is 9.88. The summed E-state index contributed by atoms with van der Waals surface area (Å²) in [6.45, 7) is -0.264. The number of carbonyl (C=O) groups excluding carboxylic acids is 1. The average molecular weight is 227 g/mol. The Balaban J connectivity index is 2.89. The Morgan fingerprint density at radius 1 is 1.50 bits per heavy atom. The van der Waals surface area contributed by atoms with Gasteiger partial charge < -0.3 is 15.2 Å². The van der Waals surface area contributed by atoms with Gasteiger partial charge in [-0.05, 0) is 12.1 Å². The smallest absolute Gasteiger partial charge is 0.343 e. The third-order valence-electron chi connectivity index (χ3n) is 1.98. The number of hydrogen-bond acceptors (Lipinski definition) is 4. The number of benzene rings is 1. The van der Waals surface area contributed by atoms with Crippen molar-refractivity contribution < 1.29 is 18.7 Å². The van der Waals surface area contributed by atoms with Gasteiger partial charge in [0.1, 0.15) is 11.3 Å². The molecule has 4 nitrogen and oxygen atoms in total. The number of ether oxygens (including phenoxy) is 2. The SMILES string of the molecule is COC(=O)c1c(N)cccc1OCCCF. The first-order chi connectivity index (χ1) is 7.70. The van der Waals surface area contributed by atoms with E-state index < -0.39 is 12.6 Å². The van der Waals surface area contributed by atoms with E-state index in [2.05, 4.69) is 4.74 Å². The van der Waals surface area contributed by atoms with E-state index in [9.17, 15) is 9.18 Å². The van der Waals surface area contributed by atoms with Gasteiger partial charge in [0, 0.05) is 12.1 Å². The molecule has 0 aliphatic rings. The maximum Gasteiger partial charge on any atom is 0.343 e. The van der Waals surface area contributed by atoms with Gasteiger partial charge in [0.05, 0.1) is 20.4 Å². The molecule has 0 unspecified atom stereocenters. The Hall–Kier alpha value is -1.78. The maximum absolute atomic E-state index is 11.9. The van der Waals surface area contributed by atoms with E-state index in [1.807, 2.05) is 0 Å². The Kier molecular flexibility index (Phi) is 4.57. The standard InChI is InChI=1S/C11H14FNO3/c1-15-11(14)10-8(13)4-2-5-9(10)16-7-3-6-12/h2,4-5H,3,6-7,13H2,1H3. The van der Waals surface area contributed by atoms with Gasteiger partial charge in [-0.25, -0.2) is 4.79 Å². The Morgan fingerprint density at radius 3 is 2.88 bits per heavy atom. The molecule has 1 aromatic rings. The van der Waals surface area contributed by atoms with Crippen molar-refractivity contribution in [3.8, 4) is 5.75 Å². The van der Waals surface area contributed by atoms with Gasteiger partial charge in [-0.3, -0.25) is 4.39 Å². The zero-order valence-corrected chi connectivity index (χ0v) is 9.03. The fourth-order valence-corrected chi connectivity index (χ4v) is 1.23. The third kappa shape index (κ3) is 2.85. The highest BCUT2D eigenvalue weighted by atomic mass is 19.1. The van der Waals surface area contributed by atoms with Gasteiger partial charge in [0.25, 0.3) is 0 Å². The van der Waals surface area contributed by atoms with E-state index in [4.69, 9.17) is 10.5 Å². The lowest BCUT2D eigenvalue weighted by molar-refractivity contribution is 0.0597. The summed E-state index contributed by atoms with van der Waals surface area (Å²) in [5.41, 5.74) is 6.11. The van der Waals surface area contributed by atoms with Gasteiger partial charge in [0.2, 0.25) is 0 Å². The van der Waals surface area contributed by atoms with Crippen LogP contribution in [0.1, 0.15) is 16.8 Å². The second-order valence-electron chi connectivity index (χ2n) is 3.10. The summed E-state index contributed by atoms with van der Waals surface area (Å²) in [6, 6.07) is 4.83. The molecule has 0 fully saturated rings. The number of halogens is 1. The number of nitrogens with two attached hydrogens (primary N) is 1. The van der Waals surface area contributed by atoms with Crippen LogP contribution in [0.2, 0.25) is 0 Å². The van der Waals surface area contributed by atoms with Crippen LogP contribution in [0, 0.1) is 0 Å². The van der Waals surface area contributed by atoms with E-state index >= 15 is 0 Å². The Morgan fingerprint density at radius 2 is 2.25 bits per heavy atom. The third-order valence-corrected chi connectivity index (χ3v) is 1.98. The van der Waals surface area contributed by atoms with Crippen molar-refractivity contribution in [2.45, 2.75) is 6.42 Å². The quantitative estimate of drug-likeness (QED) is 0.473. The van der Waals surface area contributed by atoms with E-state index in [0.29, 0.717) is 5.75 Å². The molecule has 0 atom stereocenters. The zero-order valence-electron chi connectivity index (χ0n) is 9.03. The highest BCUT2D eigenvalue weighted by Crippen LogP contribution is 2.25. The predicted octanol–water partition coefficient (Wildman–Crippen LogP) is 1.79. The largest absolute Gasteiger partial charge is 0.493 e. The molecule has 0 saturated heterocycles. The topological polar surface area (TPSA) is 61.5 Å². The van der Waals surface area contributed by atoms with Crippen LogP contribution in [0.3, 0.4) is 0 Å². The number of rotatable bonds is 5. The second-order valence-corrected chi connectivity index (χ2v) is 3.10. The van der Waals surface area contributed by atoms with Crippen molar-refractivity contribution in [1.82, 2.24) is 0 Å². The lowest BCUT2D eigenvalue weighted by Gasteiger charge is -2.11. The van der Waals surface area contributed by atoms with Crippen LogP contribution in [-0.2, 0) is 4.74 Å². The number of alkyl halides is 1. The minimum Gasteiger partial charge on any atom is -0.493 e. The number of methoxy groups -OCH3 is 1. The lowest BCUT2D eigenvalue weighted by Crippen LogP contribution is -2.09. The molecule has 0 aliphatic heterocycles. The molecule has 0 amide bonds. The van der Waals surface area contributed by atoms with Crippen LogP contribution < -0.4 is 10.5 Å². The molecular weight excluding hydrogens is 213 g/mol. The molecule has 2 N–H and O–H groups in total. The molecule has 16 heavy (non-hydrogen) atoms. The van der Waals surface area contributed by atoms with Gasteiger partial charge in [-0.1, -0.05) is 6.07 Å². The molecule has 1 rings (SSSR count). The highest BCUT2D eigenvalue weighted by molar-refractivity contribution is 5.98. The number of nitrogen functional groups attached to an aromatic ring is 1. The molecule has 0 aliphatic carbocycles. The van der Waals surface area contributed by atoms with Crippen molar-refractivity contribution in [1.29, 1.82) is 0 Å². The first kappa shape index (κ1) is 12.3. The van der Waals surface area contributed by atoms with Crippen molar-refractivity contribution in [2.24, 2.45) is 0 Å². The number of anilines is 1.